The van der Waals surface area contributed by atoms with Crippen LogP contribution in [0.4, 0.5) is 0 Å². The summed E-state index contributed by atoms with van der Waals surface area (Å²) in [7, 11) is 12.8. The van der Waals surface area contributed by atoms with E-state index in [4.69, 9.17) is 17.8 Å². The van der Waals surface area contributed by atoms with Gasteiger partial charge in [0, 0.05) is 0 Å². The molecule has 1 nitrogen and oxygen atoms in total. The van der Waals surface area contributed by atoms with E-state index in [1.165, 1.54) is 0 Å². The maximum absolute atomic E-state index is 10.8. The zero-order chi connectivity index (χ0) is 11.3. The Hall–Kier alpha value is 0.269. The van der Waals surface area contributed by atoms with Gasteiger partial charge in [-0.25, -0.2) is 0 Å². The topological polar surface area (TPSA) is 17.1 Å². The van der Waals surface area contributed by atoms with Gasteiger partial charge in [0.25, 0.3) is 0 Å². The SMILES string of the molecule is CC(=O)CC[CH2][Sn]([Cl])([Cl])[c]1ccccc1. The molecule has 1 rings (SSSR count). The molecule has 82 valence electrons. The molecule has 0 spiro atoms. The van der Waals surface area contributed by atoms with Gasteiger partial charge < -0.3 is 0 Å². The Labute approximate surface area is 102 Å². The van der Waals surface area contributed by atoms with E-state index in [0.717, 1.165) is 14.4 Å². The van der Waals surface area contributed by atoms with Crippen LogP contribution < -0.4 is 3.58 Å². The summed E-state index contributed by atoms with van der Waals surface area (Å²) >= 11 is -3.11. The quantitative estimate of drug-likeness (QED) is 0.745. The minimum absolute atomic E-state index is 0.207. The minimum atomic E-state index is -3.11. The van der Waals surface area contributed by atoms with Gasteiger partial charge in [-0.2, -0.15) is 0 Å². The summed E-state index contributed by atoms with van der Waals surface area (Å²) < 4.78 is 1.90. The summed E-state index contributed by atoms with van der Waals surface area (Å²) in [4.78, 5) is 10.8. The molecule has 4 heteroatoms. The van der Waals surface area contributed by atoms with Crippen LogP contribution in [0.2, 0.25) is 4.44 Å². The van der Waals surface area contributed by atoms with Crippen molar-refractivity contribution in [2.24, 2.45) is 0 Å². The molecule has 0 aliphatic rings. The number of Topliss-reactive ketones (excluding diaryl/α,β-unsaturated/α-hetero) is 1. The molecular weight excluding hydrogens is 338 g/mol. The normalized spacial score (nSPS) is 11.4. The fourth-order valence-electron chi connectivity index (χ4n) is 1.39. The van der Waals surface area contributed by atoms with Gasteiger partial charge in [-0.15, -0.1) is 0 Å². The molecule has 1 aromatic rings. The summed E-state index contributed by atoms with van der Waals surface area (Å²) in [6, 6.07) is 9.84. The molecule has 0 atom stereocenters. The van der Waals surface area contributed by atoms with Crippen LogP contribution in [0.15, 0.2) is 30.3 Å². The Morgan fingerprint density at radius 2 is 1.87 bits per heavy atom. The Morgan fingerprint density at radius 3 is 2.40 bits per heavy atom. The summed E-state index contributed by atoms with van der Waals surface area (Å²) in [5.41, 5.74) is 0. The van der Waals surface area contributed by atoms with Crippen molar-refractivity contribution >= 4 is 43.3 Å². The van der Waals surface area contributed by atoms with Crippen molar-refractivity contribution in [1.82, 2.24) is 0 Å². The number of hydrogen-bond donors (Lipinski definition) is 0. The van der Waals surface area contributed by atoms with E-state index in [0.29, 0.717) is 6.42 Å². The Balaban J connectivity index is 2.56. The summed E-state index contributed by atoms with van der Waals surface area (Å²) in [6.07, 6.45) is 1.40. The second-order valence-corrected chi connectivity index (χ2v) is 20.7. The van der Waals surface area contributed by atoms with Crippen LogP contribution in [0, 0.1) is 0 Å². The van der Waals surface area contributed by atoms with Crippen LogP contribution in [0.1, 0.15) is 19.8 Å². The Bertz CT molecular complexity index is 325. The third-order valence-electron chi connectivity index (χ3n) is 2.22. The number of hydrogen-bond acceptors (Lipinski definition) is 1. The number of ketones is 1. The Morgan fingerprint density at radius 1 is 1.27 bits per heavy atom. The average molecular weight is 352 g/mol. The molecule has 0 aliphatic carbocycles. The first-order valence-corrected chi connectivity index (χ1v) is 15.6. The molecule has 0 saturated heterocycles. The molecule has 0 radical (unpaired) electrons. The van der Waals surface area contributed by atoms with Crippen molar-refractivity contribution in [3.63, 3.8) is 0 Å². The molecule has 0 aliphatic heterocycles. The zero-order valence-electron chi connectivity index (χ0n) is 8.67. The number of rotatable bonds is 5. The molecule has 1 aromatic carbocycles. The molecule has 0 bridgehead atoms. The number of benzene rings is 1. The van der Waals surface area contributed by atoms with Crippen LogP contribution >= 0.6 is 17.8 Å². The van der Waals surface area contributed by atoms with Crippen molar-refractivity contribution in [3.05, 3.63) is 30.3 Å². The van der Waals surface area contributed by atoms with Crippen LogP contribution in [0.3, 0.4) is 0 Å². The van der Waals surface area contributed by atoms with Gasteiger partial charge in [0.2, 0.25) is 0 Å². The fourth-order valence-corrected chi connectivity index (χ4v) is 9.41. The van der Waals surface area contributed by atoms with Gasteiger partial charge in [-0.3, -0.25) is 0 Å². The van der Waals surface area contributed by atoms with Gasteiger partial charge in [-0.1, -0.05) is 0 Å². The number of carbonyl (C=O) groups is 1. The van der Waals surface area contributed by atoms with Crippen molar-refractivity contribution in [1.29, 1.82) is 0 Å². The van der Waals surface area contributed by atoms with Crippen molar-refractivity contribution in [3.8, 4) is 0 Å². The van der Waals surface area contributed by atoms with Gasteiger partial charge >= 0.3 is 103 Å². The molecule has 0 heterocycles. The third kappa shape index (κ3) is 4.75. The average Bonchev–Trinajstić information content (AvgIpc) is 2.18. The molecule has 0 fully saturated rings. The van der Waals surface area contributed by atoms with Crippen LogP contribution in [0.5, 0.6) is 0 Å². The third-order valence-corrected chi connectivity index (χ3v) is 13.8. The molecule has 0 saturated carbocycles. The molecule has 0 amide bonds. The standard InChI is InChI=1S/C6H5.C5H9O.2ClH.Sn/c1-2-4-6-5-3-1;1-3-4-5(2)6;;;/h1-5H;1,3-4H2,2H3;2*1H;/q;;;;+2/p-2. The second kappa shape index (κ2) is 6.11. The first kappa shape index (κ1) is 13.3. The van der Waals surface area contributed by atoms with Crippen LogP contribution in [-0.4, -0.2) is 21.9 Å². The second-order valence-electron chi connectivity index (χ2n) is 3.63. The first-order valence-electron chi connectivity index (χ1n) is 4.95. The van der Waals surface area contributed by atoms with Gasteiger partial charge in [0.05, 0.1) is 0 Å². The molecule has 0 N–H and O–H groups in total. The van der Waals surface area contributed by atoms with E-state index in [1.807, 2.05) is 30.3 Å². The molecule has 15 heavy (non-hydrogen) atoms. The predicted molar refractivity (Wildman–Crippen MR) is 68.3 cm³/mol. The van der Waals surface area contributed by atoms with Crippen molar-refractivity contribution < 1.29 is 4.79 Å². The summed E-state index contributed by atoms with van der Waals surface area (Å²) in [5, 5.41) is 0. The predicted octanol–water partition coefficient (Wildman–Crippen LogP) is 3.18. The summed E-state index contributed by atoms with van der Waals surface area (Å²) in [6.45, 7) is 1.60. The Kier molecular flexibility index (Phi) is 5.44. The number of carbonyl (C=O) groups excluding carboxylic acids is 1. The van der Waals surface area contributed by atoms with Crippen molar-refractivity contribution in [2.45, 2.75) is 24.2 Å². The van der Waals surface area contributed by atoms with Crippen LogP contribution in [-0.2, 0) is 4.79 Å². The zero-order valence-corrected chi connectivity index (χ0v) is 13.0. The van der Waals surface area contributed by atoms with E-state index in [1.54, 1.807) is 6.92 Å². The number of halogens is 2. The summed E-state index contributed by atoms with van der Waals surface area (Å²) in [5.74, 6) is 0.207. The van der Waals surface area contributed by atoms with Crippen molar-refractivity contribution in [2.75, 3.05) is 0 Å². The fraction of sp³-hybridized carbons (Fsp3) is 0.364. The maximum atomic E-state index is 10.8. The van der Waals surface area contributed by atoms with Crippen LogP contribution in [0.25, 0.3) is 0 Å². The van der Waals surface area contributed by atoms with E-state index in [2.05, 4.69) is 0 Å². The molecular formula is C11H14Cl2OSn. The monoisotopic (exact) mass is 352 g/mol. The van der Waals surface area contributed by atoms with Gasteiger partial charge in [-0.05, 0) is 0 Å². The van der Waals surface area contributed by atoms with E-state index < -0.39 is 16.1 Å². The van der Waals surface area contributed by atoms with Gasteiger partial charge in [0.1, 0.15) is 0 Å². The molecule has 0 unspecified atom stereocenters. The van der Waals surface area contributed by atoms with Gasteiger partial charge in [0.15, 0.2) is 0 Å². The van der Waals surface area contributed by atoms with E-state index >= 15 is 0 Å². The first-order chi connectivity index (χ1) is 7.02. The molecule has 0 aromatic heterocycles. The van der Waals surface area contributed by atoms with E-state index in [-0.39, 0.29) is 5.78 Å². The van der Waals surface area contributed by atoms with E-state index in [9.17, 15) is 4.79 Å².